The van der Waals surface area contributed by atoms with Gasteiger partial charge in [0.2, 0.25) is 5.91 Å². The Morgan fingerprint density at radius 2 is 2.35 bits per heavy atom. The van der Waals surface area contributed by atoms with E-state index in [1.165, 1.54) is 0 Å². The second-order valence-electron chi connectivity index (χ2n) is 5.07. The summed E-state index contributed by atoms with van der Waals surface area (Å²) in [5, 5.41) is 12.3. The van der Waals surface area contributed by atoms with Crippen molar-refractivity contribution in [3.05, 3.63) is 27.7 Å². The van der Waals surface area contributed by atoms with Crippen LogP contribution < -0.4 is 5.32 Å². The summed E-state index contributed by atoms with van der Waals surface area (Å²) in [5.41, 5.74) is 0.631. The first-order chi connectivity index (χ1) is 9.58. The molecular formula is C14H18BrClN2O2. The Morgan fingerprint density at radius 3 is 3.05 bits per heavy atom. The van der Waals surface area contributed by atoms with Gasteiger partial charge in [0.05, 0.1) is 17.3 Å². The van der Waals surface area contributed by atoms with Crippen molar-refractivity contribution in [2.24, 2.45) is 5.92 Å². The summed E-state index contributed by atoms with van der Waals surface area (Å²) < 4.78 is 0.881. The van der Waals surface area contributed by atoms with Crippen LogP contribution in [0.5, 0.6) is 0 Å². The monoisotopic (exact) mass is 360 g/mol. The highest BCUT2D eigenvalue weighted by Gasteiger charge is 2.23. The zero-order chi connectivity index (χ0) is 14.5. The first-order valence-electron chi connectivity index (χ1n) is 6.66. The van der Waals surface area contributed by atoms with Gasteiger partial charge >= 0.3 is 0 Å². The van der Waals surface area contributed by atoms with Crippen LogP contribution in [0.3, 0.4) is 0 Å². The normalized spacial score (nSPS) is 19.2. The van der Waals surface area contributed by atoms with E-state index >= 15 is 0 Å². The first kappa shape index (κ1) is 15.8. The van der Waals surface area contributed by atoms with E-state index < -0.39 is 0 Å². The van der Waals surface area contributed by atoms with E-state index in [1.807, 2.05) is 6.07 Å². The number of aliphatic hydroxyl groups is 1. The molecular weight excluding hydrogens is 344 g/mol. The fourth-order valence-corrected chi connectivity index (χ4v) is 3.18. The summed E-state index contributed by atoms with van der Waals surface area (Å²) in [6.45, 7) is 2.38. The van der Waals surface area contributed by atoms with Crippen LogP contribution in [0.15, 0.2) is 22.7 Å². The number of likely N-dealkylation sites (tertiary alicyclic amines) is 1. The Morgan fingerprint density at radius 1 is 1.55 bits per heavy atom. The summed E-state index contributed by atoms with van der Waals surface area (Å²) in [7, 11) is 0. The summed E-state index contributed by atoms with van der Waals surface area (Å²) in [5.74, 6) is 0.447. The molecule has 0 aliphatic carbocycles. The predicted octanol–water partition coefficient (Wildman–Crippen LogP) is 2.75. The number of amides is 1. The fraction of sp³-hybridized carbons (Fsp3) is 0.500. The SMILES string of the molecule is O=C(CN1CCC(CCO)C1)Nc1ccc(Br)cc1Cl. The molecule has 2 rings (SSSR count). The van der Waals surface area contributed by atoms with Crippen LogP contribution in [0.2, 0.25) is 5.02 Å². The van der Waals surface area contributed by atoms with Crippen LogP contribution in [-0.4, -0.2) is 42.2 Å². The Bertz CT molecular complexity index is 484. The van der Waals surface area contributed by atoms with Gasteiger partial charge in [-0.15, -0.1) is 0 Å². The number of carbonyl (C=O) groups excluding carboxylic acids is 1. The lowest BCUT2D eigenvalue weighted by Gasteiger charge is -2.16. The number of benzene rings is 1. The molecule has 0 spiro atoms. The molecule has 110 valence electrons. The maximum Gasteiger partial charge on any atom is 0.238 e. The van der Waals surface area contributed by atoms with E-state index in [-0.39, 0.29) is 12.5 Å². The van der Waals surface area contributed by atoms with Gasteiger partial charge in [0.1, 0.15) is 0 Å². The molecule has 1 aliphatic heterocycles. The maximum absolute atomic E-state index is 12.0. The van der Waals surface area contributed by atoms with Crippen LogP contribution >= 0.6 is 27.5 Å². The van der Waals surface area contributed by atoms with Crippen LogP contribution in [0.25, 0.3) is 0 Å². The third-order valence-corrected chi connectivity index (χ3v) is 4.29. The zero-order valence-corrected chi connectivity index (χ0v) is 13.5. The van der Waals surface area contributed by atoms with Crippen molar-refractivity contribution in [1.82, 2.24) is 4.90 Å². The molecule has 0 bridgehead atoms. The molecule has 4 nitrogen and oxygen atoms in total. The molecule has 6 heteroatoms. The van der Waals surface area contributed by atoms with Crippen LogP contribution in [0, 0.1) is 5.92 Å². The molecule has 1 aromatic rings. The lowest BCUT2D eigenvalue weighted by molar-refractivity contribution is -0.117. The van der Waals surface area contributed by atoms with Gasteiger partial charge in [-0.1, -0.05) is 27.5 Å². The van der Waals surface area contributed by atoms with Gasteiger partial charge in [-0.3, -0.25) is 9.69 Å². The Hall–Kier alpha value is -0.620. The summed E-state index contributed by atoms with van der Waals surface area (Å²) in [6, 6.07) is 5.38. The van der Waals surface area contributed by atoms with Crippen molar-refractivity contribution in [3.63, 3.8) is 0 Å². The summed E-state index contributed by atoms with van der Waals surface area (Å²) >= 11 is 9.40. The summed E-state index contributed by atoms with van der Waals surface area (Å²) in [6.07, 6.45) is 1.86. The molecule has 2 N–H and O–H groups in total. The number of aliphatic hydroxyl groups excluding tert-OH is 1. The zero-order valence-electron chi connectivity index (χ0n) is 11.1. The molecule has 1 fully saturated rings. The number of hydrogen-bond donors (Lipinski definition) is 2. The number of hydrogen-bond acceptors (Lipinski definition) is 3. The van der Waals surface area contributed by atoms with E-state index in [9.17, 15) is 4.79 Å². The number of nitrogens with zero attached hydrogens (tertiary/aromatic N) is 1. The quantitative estimate of drug-likeness (QED) is 0.848. The predicted molar refractivity (Wildman–Crippen MR) is 84.0 cm³/mol. The highest BCUT2D eigenvalue weighted by atomic mass is 79.9. The number of nitrogens with one attached hydrogen (secondary N) is 1. The second kappa shape index (κ2) is 7.41. The molecule has 1 atom stereocenters. The third-order valence-electron chi connectivity index (χ3n) is 3.48. The van der Waals surface area contributed by atoms with Crippen LogP contribution in [0.1, 0.15) is 12.8 Å². The van der Waals surface area contributed by atoms with Crippen molar-refractivity contribution in [2.45, 2.75) is 12.8 Å². The minimum Gasteiger partial charge on any atom is -0.396 e. The van der Waals surface area contributed by atoms with Crippen molar-refractivity contribution in [2.75, 3.05) is 31.6 Å². The molecule has 1 aromatic carbocycles. The van der Waals surface area contributed by atoms with E-state index in [2.05, 4.69) is 26.1 Å². The average Bonchev–Trinajstić information content (AvgIpc) is 2.81. The van der Waals surface area contributed by atoms with Gasteiger partial charge in [0, 0.05) is 17.6 Å². The smallest absolute Gasteiger partial charge is 0.238 e. The van der Waals surface area contributed by atoms with E-state index in [4.69, 9.17) is 16.7 Å². The lowest BCUT2D eigenvalue weighted by atomic mass is 10.1. The van der Waals surface area contributed by atoms with E-state index in [0.29, 0.717) is 23.2 Å². The Balaban J connectivity index is 1.84. The second-order valence-corrected chi connectivity index (χ2v) is 6.40. The minimum absolute atomic E-state index is 0.0566. The van der Waals surface area contributed by atoms with Crippen molar-refractivity contribution in [1.29, 1.82) is 0 Å². The molecule has 1 heterocycles. The number of carbonyl (C=O) groups is 1. The third kappa shape index (κ3) is 4.45. The van der Waals surface area contributed by atoms with Crippen LogP contribution in [-0.2, 0) is 4.79 Å². The van der Waals surface area contributed by atoms with Crippen molar-refractivity contribution < 1.29 is 9.90 Å². The maximum atomic E-state index is 12.0. The number of rotatable bonds is 5. The topological polar surface area (TPSA) is 52.6 Å². The van der Waals surface area contributed by atoms with Gasteiger partial charge in [-0.05, 0) is 43.5 Å². The molecule has 20 heavy (non-hydrogen) atoms. The van der Waals surface area contributed by atoms with Gasteiger partial charge < -0.3 is 10.4 Å². The fourth-order valence-electron chi connectivity index (χ4n) is 2.46. The Labute approximate surface area is 132 Å². The molecule has 1 aliphatic rings. The lowest BCUT2D eigenvalue weighted by Crippen LogP contribution is -2.31. The largest absolute Gasteiger partial charge is 0.396 e. The minimum atomic E-state index is -0.0566. The molecule has 1 saturated heterocycles. The number of anilines is 1. The standard InChI is InChI=1S/C14H18BrClN2O2/c15-11-1-2-13(12(16)7-11)17-14(20)9-18-5-3-10(8-18)4-6-19/h1-2,7,10,19H,3-6,8-9H2,(H,17,20). The van der Waals surface area contributed by atoms with Gasteiger partial charge in [-0.25, -0.2) is 0 Å². The Kier molecular flexibility index (Phi) is 5.84. The number of halogens is 2. The highest BCUT2D eigenvalue weighted by Crippen LogP contribution is 2.26. The van der Waals surface area contributed by atoms with E-state index in [1.54, 1.807) is 12.1 Å². The molecule has 0 aromatic heterocycles. The molecule has 1 amide bonds. The van der Waals surface area contributed by atoms with Gasteiger partial charge in [0.15, 0.2) is 0 Å². The van der Waals surface area contributed by atoms with Gasteiger partial charge in [-0.2, -0.15) is 0 Å². The molecule has 0 radical (unpaired) electrons. The van der Waals surface area contributed by atoms with Crippen molar-refractivity contribution in [3.8, 4) is 0 Å². The highest BCUT2D eigenvalue weighted by molar-refractivity contribution is 9.10. The van der Waals surface area contributed by atoms with Crippen LogP contribution in [0.4, 0.5) is 5.69 Å². The molecule has 0 saturated carbocycles. The summed E-state index contributed by atoms with van der Waals surface area (Å²) in [4.78, 5) is 14.1. The molecule has 1 unspecified atom stereocenters. The van der Waals surface area contributed by atoms with E-state index in [0.717, 1.165) is 30.4 Å². The first-order valence-corrected chi connectivity index (χ1v) is 7.83. The van der Waals surface area contributed by atoms with Gasteiger partial charge in [0.25, 0.3) is 0 Å². The average molecular weight is 362 g/mol. The van der Waals surface area contributed by atoms with Crippen molar-refractivity contribution >= 4 is 39.1 Å².